The first-order valence-corrected chi connectivity index (χ1v) is 9.79. The number of hydrogen-bond acceptors (Lipinski definition) is 4. The van der Waals surface area contributed by atoms with Gasteiger partial charge < -0.3 is 10.1 Å². The third-order valence-corrected chi connectivity index (χ3v) is 6.12. The van der Waals surface area contributed by atoms with Crippen molar-refractivity contribution in [2.75, 3.05) is 12.4 Å². The lowest BCUT2D eigenvalue weighted by Gasteiger charge is -2.10. The number of methoxy groups -OCH3 is 1. The quantitative estimate of drug-likeness (QED) is 0.834. The van der Waals surface area contributed by atoms with Gasteiger partial charge in [-0.25, -0.2) is 0 Å². The van der Waals surface area contributed by atoms with Gasteiger partial charge in [0.25, 0.3) is 10.0 Å². The molecule has 0 amide bonds. The Morgan fingerprint density at radius 1 is 1.04 bits per heavy atom. The van der Waals surface area contributed by atoms with Crippen LogP contribution >= 0.6 is 11.6 Å². The molecule has 0 fully saturated rings. The van der Waals surface area contributed by atoms with Crippen LogP contribution in [0.3, 0.4) is 0 Å². The molecule has 1 N–H and O–H groups in total. The minimum Gasteiger partial charge on any atom is -0.495 e. The summed E-state index contributed by atoms with van der Waals surface area (Å²) in [5.41, 5.74) is 3.97. The third-order valence-electron chi connectivity index (χ3n) is 4.35. The van der Waals surface area contributed by atoms with Gasteiger partial charge in [-0.2, -0.15) is 8.42 Å². The molecule has 0 aromatic heterocycles. The highest BCUT2D eigenvalue weighted by Gasteiger charge is 2.31. The van der Waals surface area contributed by atoms with Crippen molar-refractivity contribution in [1.82, 2.24) is 0 Å². The SMILES string of the molecule is COc1ccc(NC2=NS(=O)(=O)C(c3ccc(C)c(C)c3)=C2C)cc1Cl. The van der Waals surface area contributed by atoms with E-state index in [0.29, 0.717) is 33.4 Å². The van der Waals surface area contributed by atoms with Crippen molar-refractivity contribution in [1.29, 1.82) is 0 Å². The molecule has 26 heavy (non-hydrogen) atoms. The summed E-state index contributed by atoms with van der Waals surface area (Å²) in [4.78, 5) is 0.225. The molecule has 2 aromatic carbocycles. The Morgan fingerprint density at radius 2 is 1.77 bits per heavy atom. The Bertz CT molecular complexity index is 1060. The lowest BCUT2D eigenvalue weighted by Crippen LogP contribution is -2.11. The number of hydrogen-bond donors (Lipinski definition) is 1. The van der Waals surface area contributed by atoms with Gasteiger partial charge in [-0.05, 0) is 55.7 Å². The summed E-state index contributed by atoms with van der Waals surface area (Å²) >= 11 is 6.13. The van der Waals surface area contributed by atoms with Gasteiger partial charge in [0.2, 0.25) is 0 Å². The normalized spacial score (nSPS) is 15.8. The van der Waals surface area contributed by atoms with E-state index in [9.17, 15) is 8.42 Å². The van der Waals surface area contributed by atoms with Crippen LogP contribution in [-0.4, -0.2) is 21.4 Å². The fourth-order valence-corrected chi connectivity index (χ4v) is 4.46. The molecule has 0 atom stereocenters. The van der Waals surface area contributed by atoms with Crippen LogP contribution in [0.4, 0.5) is 5.69 Å². The molecule has 1 heterocycles. The average molecular weight is 391 g/mol. The van der Waals surface area contributed by atoms with Crippen LogP contribution in [0.1, 0.15) is 23.6 Å². The van der Waals surface area contributed by atoms with Crippen LogP contribution in [0.5, 0.6) is 5.75 Å². The standard InChI is InChI=1S/C19H19ClN2O3S/c1-11-5-6-14(9-12(11)2)18-13(3)19(22-26(18,23)24)21-15-7-8-17(25-4)16(20)10-15/h5-10H,1-4H3,(H,21,22). The molecule has 1 aliphatic heterocycles. The van der Waals surface area contributed by atoms with Crippen molar-refractivity contribution in [3.8, 4) is 5.75 Å². The molecule has 0 radical (unpaired) electrons. The number of nitrogens with one attached hydrogen (secondary N) is 1. The van der Waals surface area contributed by atoms with Gasteiger partial charge in [0, 0.05) is 11.3 Å². The second kappa shape index (κ2) is 6.78. The molecule has 0 saturated heterocycles. The molecule has 0 unspecified atom stereocenters. The smallest absolute Gasteiger partial charge is 0.285 e. The maximum absolute atomic E-state index is 12.6. The second-order valence-electron chi connectivity index (χ2n) is 6.14. The Hall–Kier alpha value is -2.31. The number of sulfonamides is 1. The van der Waals surface area contributed by atoms with Gasteiger partial charge in [0.05, 0.1) is 12.1 Å². The Kier molecular flexibility index (Phi) is 4.82. The van der Waals surface area contributed by atoms with Gasteiger partial charge in [-0.1, -0.05) is 29.8 Å². The topological polar surface area (TPSA) is 67.8 Å². The maximum atomic E-state index is 12.6. The highest BCUT2D eigenvalue weighted by atomic mass is 35.5. The number of amidine groups is 1. The van der Waals surface area contributed by atoms with Crippen LogP contribution in [-0.2, 0) is 10.0 Å². The molecule has 0 spiro atoms. The van der Waals surface area contributed by atoms with E-state index in [4.69, 9.17) is 16.3 Å². The van der Waals surface area contributed by atoms with Crippen LogP contribution < -0.4 is 10.1 Å². The minimum absolute atomic E-state index is 0.225. The predicted molar refractivity (Wildman–Crippen MR) is 106 cm³/mol. The highest BCUT2D eigenvalue weighted by Crippen LogP contribution is 2.34. The number of ether oxygens (including phenoxy) is 1. The summed E-state index contributed by atoms with van der Waals surface area (Å²) in [6.45, 7) is 5.68. The second-order valence-corrected chi connectivity index (χ2v) is 8.09. The van der Waals surface area contributed by atoms with E-state index in [0.717, 1.165) is 11.1 Å². The van der Waals surface area contributed by atoms with Crippen molar-refractivity contribution in [3.05, 3.63) is 63.7 Å². The Labute approximate surface area is 158 Å². The maximum Gasteiger partial charge on any atom is 0.285 e. The molecule has 7 heteroatoms. The molecule has 0 saturated carbocycles. The zero-order valence-electron chi connectivity index (χ0n) is 14.9. The van der Waals surface area contributed by atoms with Crippen molar-refractivity contribution in [3.63, 3.8) is 0 Å². The van der Waals surface area contributed by atoms with E-state index < -0.39 is 10.0 Å². The van der Waals surface area contributed by atoms with Crippen LogP contribution in [0.2, 0.25) is 5.02 Å². The number of halogens is 1. The average Bonchev–Trinajstić information content (AvgIpc) is 2.79. The zero-order chi connectivity index (χ0) is 19.1. The number of anilines is 1. The Balaban J connectivity index is 2.00. The number of nitrogens with zero attached hydrogens (tertiary/aromatic N) is 1. The lowest BCUT2D eigenvalue weighted by molar-refractivity contribution is 0.415. The summed E-state index contributed by atoms with van der Waals surface area (Å²) in [7, 11) is -2.23. The van der Waals surface area contributed by atoms with Crippen molar-refractivity contribution in [2.45, 2.75) is 20.8 Å². The zero-order valence-corrected chi connectivity index (χ0v) is 16.5. The fraction of sp³-hybridized carbons (Fsp3) is 0.211. The highest BCUT2D eigenvalue weighted by molar-refractivity contribution is 8.00. The van der Waals surface area contributed by atoms with Crippen molar-refractivity contribution in [2.24, 2.45) is 4.40 Å². The first kappa shape index (κ1) is 18.5. The number of aryl methyl sites for hydroxylation is 2. The van der Waals surface area contributed by atoms with Crippen LogP contribution in [0.25, 0.3) is 4.91 Å². The molecule has 0 bridgehead atoms. The largest absolute Gasteiger partial charge is 0.495 e. The van der Waals surface area contributed by atoms with E-state index >= 15 is 0 Å². The first-order valence-electron chi connectivity index (χ1n) is 7.97. The minimum atomic E-state index is -3.76. The lowest BCUT2D eigenvalue weighted by atomic mass is 10.0. The van der Waals surface area contributed by atoms with E-state index in [1.165, 1.54) is 7.11 Å². The molecule has 3 rings (SSSR count). The van der Waals surface area contributed by atoms with E-state index in [2.05, 4.69) is 9.71 Å². The third kappa shape index (κ3) is 3.34. The Morgan fingerprint density at radius 3 is 2.38 bits per heavy atom. The predicted octanol–water partition coefficient (Wildman–Crippen LogP) is 4.55. The molecular formula is C19H19ClN2O3S. The van der Waals surface area contributed by atoms with Crippen molar-refractivity contribution < 1.29 is 13.2 Å². The molecule has 1 aliphatic rings. The molecular weight excluding hydrogens is 372 g/mol. The van der Waals surface area contributed by atoms with Crippen LogP contribution in [0, 0.1) is 13.8 Å². The van der Waals surface area contributed by atoms with Gasteiger partial charge in [0.1, 0.15) is 16.5 Å². The molecule has 0 aliphatic carbocycles. The van der Waals surface area contributed by atoms with E-state index in [1.807, 2.05) is 26.0 Å². The van der Waals surface area contributed by atoms with E-state index in [1.54, 1.807) is 31.2 Å². The molecule has 5 nitrogen and oxygen atoms in total. The monoisotopic (exact) mass is 390 g/mol. The van der Waals surface area contributed by atoms with Gasteiger partial charge >= 0.3 is 0 Å². The number of benzene rings is 2. The summed E-state index contributed by atoms with van der Waals surface area (Å²) in [6.07, 6.45) is 0. The summed E-state index contributed by atoms with van der Waals surface area (Å²) < 4.78 is 34.2. The van der Waals surface area contributed by atoms with Gasteiger partial charge in [-0.3, -0.25) is 0 Å². The summed E-state index contributed by atoms with van der Waals surface area (Å²) in [5.74, 6) is 0.834. The summed E-state index contributed by atoms with van der Waals surface area (Å²) in [6, 6.07) is 10.7. The fourth-order valence-electron chi connectivity index (χ4n) is 2.78. The molecule has 136 valence electrons. The number of rotatable bonds is 3. The van der Waals surface area contributed by atoms with Crippen LogP contribution in [0.15, 0.2) is 46.4 Å². The molecule has 2 aromatic rings. The van der Waals surface area contributed by atoms with Crippen molar-refractivity contribution >= 4 is 38.1 Å². The first-order chi connectivity index (χ1) is 12.2. The van der Waals surface area contributed by atoms with Gasteiger partial charge in [0.15, 0.2) is 0 Å². The summed E-state index contributed by atoms with van der Waals surface area (Å²) in [5, 5.41) is 3.46. The van der Waals surface area contributed by atoms with E-state index in [-0.39, 0.29) is 4.91 Å². The van der Waals surface area contributed by atoms with Gasteiger partial charge in [-0.15, -0.1) is 4.40 Å².